The van der Waals surface area contributed by atoms with Crippen LogP contribution in [0.4, 0.5) is 10.1 Å². The lowest BCUT2D eigenvalue weighted by molar-refractivity contribution is 0.160. The Labute approximate surface area is 202 Å². The van der Waals surface area contributed by atoms with Crippen molar-refractivity contribution in [2.75, 3.05) is 18.4 Å². The van der Waals surface area contributed by atoms with Crippen molar-refractivity contribution in [2.24, 2.45) is 0 Å². The minimum absolute atomic E-state index is 0.0242. The van der Waals surface area contributed by atoms with Gasteiger partial charge in [0.2, 0.25) is 5.88 Å². The molecule has 4 rings (SSSR count). The molecule has 0 aliphatic heterocycles. The Morgan fingerprint density at radius 1 is 1.09 bits per heavy atom. The number of methoxy groups -OCH3 is 1. The summed E-state index contributed by atoms with van der Waals surface area (Å²) in [6, 6.07) is 17.2. The van der Waals surface area contributed by atoms with Gasteiger partial charge >= 0.3 is 0 Å². The van der Waals surface area contributed by atoms with E-state index in [-0.39, 0.29) is 10.6 Å². The molecule has 0 radical (unpaired) electrons. The maximum Gasteiger partial charge on any atom is 0.261 e. The highest BCUT2D eigenvalue weighted by molar-refractivity contribution is 7.92. The van der Waals surface area contributed by atoms with E-state index < -0.39 is 21.9 Å². The zero-order chi connectivity index (χ0) is 24.8. The van der Waals surface area contributed by atoms with Crippen LogP contribution in [-0.4, -0.2) is 37.4 Å². The molecule has 1 aromatic heterocycles. The number of ether oxygens (including phenoxy) is 2. The standard InChI is InChI=1S/C25H26FN3O5S/c1-33-25-20-12-11-18(16-22(20)27-28-25)34-14-6-5-9-24(30)17-10-13-21(26)23(15-17)29-35(31,32)19-7-3-2-4-8-19/h2-4,7-8,10-13,15-16,24,29-30H,5-6,9,14H2,1H3,(H,27,28)/t24-/m0/s1. The van der Waals surface area contributed by atoms with Gasteiger partial charge in [0.05, 0.1) is 41.3 Å². The maximum atomic E-state index is 14.3. The molecule has 0 fully saturated rings. The average molecular weight is 500 g/mol. The number of hydrogen-bond acceptors (Lipinski definition) is 6. The number of halogens is 1. The van der Waals surface area contributed by atoms with Crippen LogP contribution in [0.25, 0.3) is 10.9 Å². The third kappa shape index (κ3) is 5.90. The van der Waals surface area contributed by atoms with E-state index in [1.165, 1.54) is 24.3 Å². The second-order valence-electron chi connectivity index (χ2n) is 7.96. The molecule has 0 unspecified atom stereocenters. The van der Waals surface area contributed by atoms with Crippen molar-refractivity contribution < 1.29 is 27.4 Å². The van der Waals surface area contributed by atoms with Gasteiger partial charge in [-0.05, 0) is 61.2 Å². The topological polar surface area (TPSA) is 114 Å². The summed E-state index contributed by atoms with van der Waals surface area (Å²) in [6.07, 6.45) is 0.889. The number of anilines is 1. The highest BCUT2D eigenvalue weighted by Crippen LogP contribution is 2.28. The summed E-state index contributed by atoms with van der Waals surface area (Å²) in [6.45, 7) is 0.453. The molecule has 184 valence electrons. The van der Waals surface area contributed by atoms with E-state index in [1.807, 2.05) is 18.2 Å². The quantitative estimate of drug-likeness (QED) is 0.256. The predicted octanol–water partition coefficient (Wildman–Crippen LogP) is 4.79. The number of rotatable bonds is 11. The molecule has 35 heavy (non-hydrogen) atoms. The number of sulfonamides is 1. The molecule has 4 aromatic rings. The number of benzene rings is 3. The van der Waals surface area contributed by atoms with Gasteiger partial charge in [0, 0.05) is 6.07 Å². The Kier molecular flexibility index (Phi) is 7.52. The van der Waals surface area contributed by atoms with Gasteiger partial charge in [0.25, 0.3) is 10.0 Å². The van der Waals surface area contributed by atoms with E-state index >= 15 is 0 Å². The molecule has 10 heteroatoms. The van der Waals surface area contributed by atoms with Gasteiger partial charge in [-0.3, -0.25) is 9.82 Å². The fraction of sp³-hybridized carbons (Fsp3) is 0.240. The van der Waals surface area contributed by atoms with Crippen LogP contribution in [0.5, 0.6) is 11.6 Å². The number of aromatic nitrogens is 2. The first-order chi connectivity index (χ1) is 16.9. The van der Waals surface area contributed by atoms with Crippen molar-refractivity contribution in [1.82, 2.24) is 10.2 Å². The molecule has 0 saturated heterocycles. The van der Waals surface area contributed by atoms with Gasteiger partial charge in [-0.15, -0.1) is 5.10 Å². The molecule has 3 aromatic carbocycles. The van der Waals surface area contributed by atoms with Gasteiger partial charge in [0.15, 0.2) is 0 Å². The maximum absolute atomic E-state index is 14.3. The Hall–Kier alpha value is -3.63. The Bertz CT molecular complexity index is 1390. The number of H-pyrrole nitrogens is 1. The summed E-state index contributed by atoms with van der Waals surface area (Å²) in [7, 11) is -2.38. The fourth-order valence-electron chi connectivity index (χ4n) is 3.65. The third-order valence-electron chi connectivity index (χ3n) is 5.51. The molecule has 0 aliphatic carbocycles. The Morgan fingerprint density at radius 3 is 2.66 bits per heavy atom. The molecule has 0 saturated carbocycles. The van der Waals surface area contributed by atoms with Crippen LogP contribution in [-0.2, 0) is 10.0 Å². The van der Waals surface area contributed by atoms with Crippen LogP contribution >= 0.6 is 0 Å². The molecule has 8 nitrogen and oxygen atoms in total. The van der Waals surface area contributed by atoms with Crippen LogP contribution in [0, 0.1) is 5.82 Å². The molecule has 0 spiro atoms. The van der Waals surface area contributed by atoms with Crippen molar-refractivity contribution >= 4 is 26.6 Å². The van der Waals surface area contributed by atoms with Crippen molar-refractivity contribution in [2.45, 2.75) is 30.3 Å². The number of nitrogens with one attached hydrogen (secondary N) is 2. The summed E-state index contributed by atoms with van der Waals surface area (Å²) in [4.78, 5) is 0.0242. The van der Waals surface area contributed by atoms with Crippen molar-refractivity contribution in [3.63, 3.8) is 0 Å². The minimum atomic E-state index is -3.94. The molecular formula is C25H26FN3O5S. The number of fused-ring (bicyclic) bond motifs is 1. The number of aliphatic hydroxyl groups is 1. The predicted molar refractivity (Wildman–Crippen MR) is 131 cm³/mol. The number of hydrogen-bond donors (Lipinski definition) is 3. The SMILES string of the molecule is COc1n[nH]c2cc(OCCCC[C@H](O)c3ccc(F)c(NS(=O)(=O)c4ccccc4)c3)ccc12. The van der Waals surface area contributed by atoms with E-state index in [9.17, 15) is 17.9 Å². The number of aliphatic hydroxyl groups excluding tert-OH is 1. The Morgan fingerprint density at radius 2 is 1.89 bits per heavy atom. The second kappa shape index (κ2) is 10.7. The summed E-state index contributed by atoms with van der Waals surface area (Å²) < 4.78 is 52.5. The van der Waals surface area contributed by atoms with Crippen molar-refractivity contribution in [3.8, 4) is 11.6 Å². The van der Waals surface area contributed by atoms with E-state index in [0.29, 0.717) is 43.1 Å². The van der Waals surface area contributed by atoms with Gasteiger partial charge in [-0.2, -0.15) is 0 Å². The molecule has 1 heterocycles. The molecular weight excluding hydrogens is 473 g/mol. The first-order valence-electron chi connectivity index (χ1n) is 11.1. The fourth-order valence-corrected chi connectivity index (χ4v) is 4.73. The van der Waals surface area contributed by atoms with Crippen molar-refractivity contribution in [3.05, 3.63) is 78.1 Å². The van der Waals surface area contributed by atoms with E-state index in [1.54, 1.807) is 25.3 Å². The number of nitrogens with zero attached hydrogens (tertiary/aromatic N) is 1. The normalized spacial score (nSPS) is 12.4. The lowest BCUT2D eigenvalue weighted by Crippen LogP contribution is -2.14. The Balaban J connectivity index is 1.29. The number of aromatic amines is 1. The van der Waals surface area contributed by atoms with Crippen molar-refractivity contribution in [1.29, 1.82) is 0 Å². The summed E-state index contributed by atoms with van der Waals surface area (Å²) in [5.74, 6) is 0.497. The van der Waals surface area contributed by atoms with Gasteiger partial charge < -0.3 is 14.6 Å². The molecule has 0 amide bonds. The summed E-state index contributed by atoms with van der Waals surface area (Å²) in [5, 5.41) is 18.4. The first-order valence-corrected chi connectivity index (χ1v) is 12.6. The van der Waals surface area contributed by atoms with E-state index in [4.69, 9.17) is 9.47 Å². The lowest BCUT2D eigenvalue weighted by Gasteiger charge is -2.14. The highest BCUT2D eigenvalue weighted by atomic mass is 32.2. The van der Waals surface area contributed by atoms with Crippen LogP contribution in [0.1, 0.15) is 30.9 Å². The molecule has 3 N–H and O–H groups in total. The van der Waals surface area contributed by atoms with Gasteiger partial charge in [-0.25, -0.2) is 12.8 Å². The largest absolute Gasteiger partial charge is 0.494 e. The lowest BCUT2D eigenvalue weighted by atomic mass is 10.0. The van der Waals surface area contributed by atoms with Crippen LogP contribution in [0.2, 0.25) is 0 Å². The van der Waals surface area contributed by atoms with Gasteiger partial charge in [0.1, 0.15) is 11.6 Å². The summed E-state index contributed by atoms with van der Waals surface area (Å²) >= 11 is 0. The van der Waals surface area contributed by atoms with E-state index in [2.05, 4.69) is 14.9 Å². The van der Waals surface area contributed by atoms with Crippen LogP contribution in [0.3, 0.4) is 0 Å². The zero-order valence-corrected chi connectivity index (χ0v) is 19.9. The monoisotopic (exact) mass is 499 g/mol. The zero-order valence-electron chi connectivity index (χ0n) is 19.1. The first kappa shape index (κ1) is 24.5. The number of unbranched alkanes of at least 4 members (excludes halogenated alkanes) is 1. The third-order valence-corrected chi connectivity index (χ3v) is 6.89. The minimum Gasteiger partial charge on any atom is -0.494 e. The smallest absolute Gasteiger partial charge is 0.261 e. The van der Waals surface area contributed by atoms with Crippen LogP contribution < -0.4 is 14.2 Å². The molecule has 0 bridgehead atoms. The van der Waals surface area contributed by atoms with Gasteiger partial charge in [-0.1, -0.05) is 24.3 Å². The van der Waals surface area contributed by atoms with E-state index in [0.717, 1.165) is 17.0 Å². The summed E-state index contributed by atoms with van der Waals surface area (Å²) in [5.41, 5.74) is 1.03. The average Bonchev–Trinajstić information content (AvgIpc) is 3.28. The molecule has 0 aliphatic rings. The molecule has 1 atom stereocenters. The van der Waals surface area contributed by atoms with Crippen LogP contribution in [0.15, 0.2) is 71.6 Å². The highest BCUT2D eigenvalue weighted by Gasteiger charge is 2.18. The second-order valence-corrected chi connectivity index (χ2v) is 9.64.